The van der Waals surface area contributed by atoms with Gasteiger partial charge in [-0.15, -0.1) is 0 Å². The topological polar surface area (TPSA) is 237 Å². The highest BCUT2D eigenvalue weighted by atomic mass is 31.2. The maximum absolute atomic E-state index is 13.1. The van der Waals surface area contributed by atoms with Gasteiger partial charge in [-0.3, -0.25) is 37.3 Å². The van der Waals surface area contributed by atoms with Crippen molar-refractivity contribution in [2.45, 2.75) is 444 Å². The molecule has 0 radical (unpaired) electrons. The molecule has 612 valence electrons. The summed E-state index contributed by atoms with van der Waals surface area (Å²) in [5.41, 5.74) is 0. The molecule has 17 nitrogen and oxygen atoms in total. The summed E-state index contributed by atoms with van der Waals surface area (Å²) < 4.78 is 68.8. The van der Waals surface area contributed by atoms with Crippen LogP contribution in [0.4, 0.5) is 0 Å². The number of allylic oxidation sites excluding steroid dienone is 6. The molecule has 0 aromatic rings. The van der Waals surface area contributed by atoms with Gasteiger partial charge < -0.3 is 33.8 Å². The van der Waals surface area contributed by atoms with E-state index in [1.807, 2.05) is 0 Å². The Bertz CT molecular complexity index is 2110. The summed E-state index contributed by atoms with van der Waals surface area (Å²) in [6.45, 7) is 4.96. The van der Waals surface area contributed by atoms with Gasteiger partial charge in [0.25, 0.3) is 0 Å². The molecule has 0 saturated carbocycles. The first-order chi connectivity index (χ1) is 50.7. The minimum atomic E-state index is -4.97. The predicted octanol–water partition coefficient (Wildman–Crippen LogP) is 25.5. The molecule has 5 atom stereocenters. The zero-order chi connectivity index (χ0) is 76.0. The van der Waals surface area contributed by atoms with Crippen LogP contribution in [0.1, 0.15) is 426 Å². The Balaban J connectivity index is 5.32. The smallest absolute Gasteiger partial charge is 0.462 e. The van der Waals surface area contributed by atoms with E-state index in [0.717, 1.165) is 135 Å². The van der Waals surface area contributed by atoms with E-state index in [-0.39, 0.29) is 25.7 Å². The zero-order valence-corrected chi connectivity index (χ0v) is 69.0. The van der Waals surface area contributed by atoms with Crippen molar-refractivity contribution in [3.63, 3.8) is 0 Å². The lowest BCUT2D eigenvalue weighted by Gasteiger charge is -2.21. The molecule has 2 unspecified atom stereocenters. The van der Waals surface area contributed by atoms with Gasteiger partial charge in [-0.25, -0.2) is 9.13 Å². The van der Waals surface area contributed by atoms with Gasteiger partial charge in [0.1, 0.15) is 19.3 Å². The number of hydrogen-bond acceptors (Lipinski definition) is 15. The number of aliphatic hydroxyl groups excluding tert-OH is 1. The molecule has 0 aliphatic carbocycles. The molecule has 0 amide bonds. The highest BCUT2D eigenvalue weighted by molar-refractivity contribution is 7.47. The number of phosphoric acid groups is 2. The average Bonchev–Trinajstić information content (AvgIpc) is 1.44. The average molecular weight is 1520 g/mol. The normalized spacial score (nSPS) is 14.0. The van der Waals surface area contributed by atoms with Gasteiger partial charge in [0.15, 0.2) is 12.2 Å². The number of hydrogen-bond donors (Lipinski definition) is 3. The molecule has 19 heteroatoms. The van der Waals surface area contributed by atoms with Gasteiger partial charge >= 0.3 is 39.5 Å². The summed E-state index contributed by atoms with van der Waals surface area (Å²) >= 11 is 0. The molecule has 0 spiro atoms. The number of unbranched alkanes of at least 4 members (excludes halogenated alkanes) is 51. The van der Waals surface area contributed by atoms with Crippen molar-refractivity contribution >= 4 is 39.5 Å². The molecule has 104 heavy (non-hydrogen) atoms. The molecular formula is C85H160O17P2. The summed E-state index contributed by atoms with van der Waals surface area (Å²) in [6, 6.07) is 0. The minimum Gasteiger partial charge on any atom is -0.462 e. The summed E-state index contributed by atoms with van der Waals surface area (Å²) in [7, 11) is -9.94. The zero-order valence-electron chi connectivity index (χ0n) is 67.2. The van der Waals surface area contributed by atoms with Crippen LogP contribution in [-0.2, 0) is 65.4 Å². The molecule has 0 saturated heterocycles. The van der Waals surface area contributed by atoms with Crippen molar-refractivity contribution in [1.82, 2.24) is 0 Å². The quantitative estimate of drug-likeness (QED) is 0.0169. The lowest BCUT2D eigenvalue weighted by atomic mass is 10.0. The summed E-state index contributed by atoms with van der Waals surface area (Å²) in [6.07, 6.45) is 76.7. The van der Waals surface area contributed by atoms with E-state index >= 15 is 0 Å². The lowest BCUT2D eigenvalue weighted by Crippen LogP contribution is -2.30. The molecule has 0 aliphatic rings. The summed E-state index contributed by atoms with van der Waals surface area (Å²) in [4.78, 5) is 73.2. The number of phosphoric ester groups is 2. The third kappa shape index (κ3) is 77.4. The SMILES string of the molecule is CCCCC/C=C\C/C=C\CCCCCCCC(=O)OC[C@H](COP(=O)(O)OC[C@@H](O)COP(=O)(O)OC[C@@H](COC(=O)CCCCCCC/C=C\CCCCCCCC)OC(=O)CCCCCCCCCCCCCCCCCCC)OC(=O)CCCCCCCCCCCCCCCCCCC. The van der Waals surface area contributed by atoms with E-state index in [2.05, 4.69) is 64.2 Å². The number of esters is 4. The first-order valence-corrected chi connectivity index (χ1v) is 46.2. The van der Waals surface area contributed by atoms with Crippen LogP contribution in [0, 0.1) is 0 Å². The number of carbonyl (C=O) groups is 4. The van der Waals surface area contributed by atoms with Crippen LogP contribution >= 0.6 is 15.6 Å². The van der Waals surface area contributed by atoms with E-state index in [4.69, 9.17) is 37.0 Å². The van der Waals surface area contributed by atoms with E-state index in [9.17, 15) is 43.2 Å². The van der Waals surface area contributed by atoms with Crippen LogP contribution in [0.3, 0.4) is 0 Å². The largest absolute Gasteiger partial charge is 0.472 e. The molecule has 0 bridgehead atoms. The van der Waals surface area contributed by atoms with Crippen molar-refractivity contribution < 1.29 is 80.2 Å². The maximum atomic E-state index is 13.1. The van der Waals surface area contributed by atoms with Crippen LogP contribution in [-0.4, -0.2) is 96.7 Å². The van der Waals surface area contributed by atoms with E-state index in [1.54, 1.807) is 0 Å². The van der Waals surface area contributed by atoms with Crippen molar-refractivity contribution in [3.05, 3.63) is 36.5 Å². The highest BCUT2D eigenvalue weighted by Crippen LogP contribution is 2.45. The monoisotopic (exact) mass is 1520 g/mol. The molecule has 0 aliphatic heterocycles. The Labute approximate surface area is 636 Å². The fourth-order valence-corrected chi connectivity index (χ4v) is 14.1. The van der Waals surface area contributed by atoms with E-state index in [0.29, 0.717) is 25.7 Å². The van der Waals surface area contributed by atoms with Crippen molar-refractivity contribution in [2.24, 2.45) is 0 Å². The molecule has 0 fully saturated rings. The number of rotatable bonds is 83. The molecule has 3 N–H and O–H groups in total. The standard InChI is InChI=1S/C85H160O17P2/c1-5-9-13-17-21-25-29-33-37-39-43-47-51-55-59-63-67-71-84(89)101-80(75-95-82(87)69-65-61-57-53-49-45-41-35-31-27-23-19-15-11-7-3)77-99-103(91,92)97-73-79(86)74-98-104(93,94)100-78-81(76-96-83(88)70-66-62-58-54-50-46-42-36-32-28-24-20-16-12-8-4)102-85(90)72-68-64-60-56-52-48-44-40-38-34-30-26-22-18-14-10-6-2/h23,27,35-36,41-42,79-81,86H,5-22,24-26,28-34,37-40,43-78H2,1-4H3,(H,91,92)(H,93,94)/b27-23-,41-35-,42-36-/t79-,80-,81-/m1/s1. The maximum Gasteiger partial charge on any atom is 0.472 e. The van der Waals surface area contributed by atoms with E-state index in [1.165, 1.54) is 212 Å². The van der Waals surface area contributed by atoms with Crippen LogP contribution in [0.5, 0.6) is 0 Å². The number of ether oxygens (including phenoxy) is 4. The van der Waals surface area contributed by atoms with Crippen LogP contribution in [0.2, 0.25) is 0 Å². The third-order valence-electron chi connectivity index (χ3n) is 19.1. The minimum absolute atomic E-state index is 0.101. The highest BCUT2D eigenvalue weighted by Gasteiger charge is 2.30. The second kappa shape index (κ2) is 78.4. The molecule has 0 rings (SSSR count). The Hall–Kier alpha value is -2.72. The first-order valence-electron chi connectivity index (χ1n) is 43.2. The van der Waals surface area contributed by atoms with Gasteiger partial charge in [0.05, 0.1) is 26.4 Å². The molecular weight excluding hydrogens is 1350 g/mol. The van der Waals surface area contributed by atoms with E-state index < -0.39 is 97.5 Å². The fraction of sp³-hybridized carbons (Fsp3) is 0.882. The van der Waals surface area contributed by atoms with Gasteiger partial charge in [-0.1, -0.05) is 353 Å². The third-order valence-corrected chi connectivity index (χ3v) is 21.0. The molecule has 0 aromatic heterocycles. The predicted molar refractivity (Wildman–Crippen MR) is 428 cm³/mol. The van der Waals surface area contributed by atoms with Crippen molar-refractivity contribution in [1.29, 1.82) is 0 Å². The van der Waals surface area contributed by atoms with Crippen molar-refractivity contribution in [2.75, 3.05) is 39.6 Å². The lowest BCUT2D eigenvalue weighted by molar-refractivity contribution is -0.161. The molecule has 0 heterocycles. The fourth-order valence-electron chi connectivity index (χ4n) is 12.5. The van der Waals surface area contributed by atoms with Gasteiger partial charge in [0, 0.05) is 25.7 Å². The summed E-state index contributed by atoms with van der Waals surface area (Å²) in [5, 5.41) is 10.7. The second-order valence-corrected chi connectivity index (χ2v) is 32.4. The Morgan fingerprint density at radius 3 is 0.740 bits per heavy atom. The van der Waals surface area contributed by atoms with Crippen LogP contribution < -0.4 is 0 Å². The van der Waals surface area contributed by atoms with Crippen LogP contribution in [0.25, 0.3) is 0 Å². The Morgan fingerprint density at radius 1 is 0.269 bits per heavy atom. The number of carbonyl (C=O) groups excluding carboxylic acids is 4. The Kier molecular flexibility index (Phi) is 76.4. The Morgan fingerprint density at radius 2 is 0.471 bits per heavy atom. The van der Waals surface area contributed by atoms with Gasteiger partial charge in [-0.05, 0) is 83.5 Å². The molecule has 0 aromatic carbocycles. The first kappa shape index (κ1) is 101. The summed E-state index contributed by atoms with van der Waals surface area (Å²) in [5.74, 6) is -2.14. The van der Waals surface area contributed by atoms with Crippen LogP contribution in [0.15, 0.2) is 36.5 Å². The van der Waals surface area contributed by atoms with Gasteiger partial charge in [-0.2, -0.15) is 0 Å². The van der Waals surface area contributed by atoms with Gasteiger partial charge in [0.2, 0.25) is 0 Å². The number of aliphatic hydroxyl groups is 1. The second-order valence-electron chi connectivity index (χ2n) is 29.5. The van der Waals surface area contributed by atoms with Crippen molar-refractivity contribution in [3.8, 4) is 0 Å².